The Balaban J connectivity index is 1.57. The van der Waals surface area contributed by atoms with Gasteiger partial charge in [-0.25, -0.2) is 19.9 Å². The van der Waals surface area contributed by atoms with Crippen molar-refractivity contribution in [1.82, 2.24) is 30.2 Å². The average molecular weight is 429 g/mol. The topological polar surface area (TPSA) is 101 Å². The van der Waals surface area contributed by atoms with Crippen molar-refractivity contribution >= 4 is 28.4 Å². The summed E-state index contributed by atoms with van der Waals surface area (Å²) in [5.74, 6) is 3.55. The van der Waals surface area contributed by atoms with Crippen LogP contribution < -0.4 is 20.3 Å². The molecule has 4 aromatic rings. The van der Waals surface area contributed by atoms with Crippen LogP contribution >= 0.6 is 0 Å². The van der Waals surface area contributed by atoms with Crippen LogP contribution in [0.2, 0.25) is 0 Å². The van der Waals surface area contributed by atoms with Gasteiger partial charge in [-0.2, -0.15) is 0 Å². The summed E-state index contributed by atoms with van der Waals surface area (Å²) < 4.78 is 5.59. The van der Waals surface area contributed by atoms with E-state index in [0.29, 0.717) is 17.4 Å². The third kappa shape index (κ3) is 4.02. The highest BCUT2D eigenvalue weighted by atomic mass is 16.5. The molecule has 0 amide bonds. The minimum Gasteiger partial charge on any atom is -0.494 e. The lowest BCUT2D eigenvalue weighted by Crippen LogP contribution is -2.44. The largest absolute Gasteiger partial charge is 0.494 e. The van der Waals surface area contributed by atoms with Crippen molar-refractivity contribution in [3.63, 3.8) is 0 Å². The van der Waals surface area contributed by atoms with Gasteiger partial charge in [0.2, 0.25) is 0 Å². The van der Waals surface area contributed by atoms with Gasteiger partial charge in [0.15, 0.2) is 5.82 Å². The summed E-state index contributed by atoms with van der Waals surface area (Å²) in [6.45, 7) is 5.54. The van der Waals surface area contributed by atoms with E-state index in [1.165, 1.54) is 0 Å². The van der Waals surface area contributed by atoms with Crippen molar-refractivity contribution in [3.05, 3.63) is 54.6 Å². The Morgan fingerprint density at radius 2 is 1.88 bits per heavy atom. The molecule has 0 saturated carbocycles. The predicted octanol–water partition coefficient (Wildman–Crippen LogP) is 2.95. The first kappa shape index (κ1) is 20.1. The molecule has 5 rings (SSSR count). The van der Waals surface area contributed by atoms with Crippen molar-refractivity contribution in [2.45, 2.75) is 6.92 Å². The first-order valence-electron chi connectivity index (χ1n) is 10.5. The zero-order valence-electron chi connectivity index (χ0n) is 18.0. The van der Waals surface area contributed by atoms with E-state index in [4.69, 9.17) is 14.7 Å². The van der Waals surface area contributed by atoms with Gasteiger partial charge in [0, 0.05) is 44.1 Å². The van der Waals surface area contributed by atoms with Crippen LogP contribution in [0.25, 0.3) is 22.3 Å². The van der Waals surface area contributed by atoms with E-state index in [1.807, 2.05) is 37.4 Å². The number of ether oxygens (including phenoxy) is 1. The number of nitrogens with one attached hydrogen (secondary N) is 2. The van der Waals surface area contributed by atoms with E-state index in [0.717, 1.165) is 59.8 Å². The molecule has 0 aliphatic carbocycles. The standard InChI is InChI=1S/C23H24N8O/c1-15-3-4-19(27-12-15)29-20-11-16(5-6-26-20)22-28-17-13-25-14-18(32-2)21(17)23(30-22)31-9-7-24-8-10-31/h3-6,11-14,24H,7-10H2,1-2H3,(H,26,27,29). The number of nitrogens with zero attached hydrogens (tertiary/aromatic N) is 6. The second-order valence-corrected chi connectivity index (χ2v) is 7.62. The van der Waals surface area contributed by atoms with Crippen LogP contribution in [0.5, 0.6) is 5.75 Å². The maximum absolute atomic E-state index is 5.59. The van der Waals surface area contributed by atoms with Gasteiger partial charge in [-0.1, -0.05) is 6.07 Å². The first-order valence-corrected chi connectivity index (χ1v) is 10.5. The Kier molecular flexibility index (Phi) is 5.47. The van der Waals surface area contributed by atoms with Crippen LogP contribution in [0.3, 0.4) is 0 Å². The van der Waals surface area contributed by atoms with Gasteiger partial charge in [0.05, 0.1) is 30.4 Å². The minimum atomic E-state index is 0.614. The lowest BCUT2D eigenvalue weighted by atomic mass is 10.2. The van der Waals surface area contributed by atoms with Gasteiger partial charge in [-0.05, 0) is 30.7 Å². The Bertz CT molecular complexity index is 1240. The summed E-state index contributed by atoms with van der Waals surface area (Å²) >= 11 is 0. The van der Waals surface area contributed by atoms with Crippen molar-refractivity contribution in [2.24, 2.45) is 0 Å². The molecule has 0 radical (unpaired) electrons. The molecule has 1 saturated heterocycles. The van der Waals surface area contributed by atoms with Crippen molar-refractivity contribution < 1.29 is 4.74 Å². The molecule has 0 bridgehead atoms. The minimum absolute atomic E-state index is 0.614. The van der Waals surface area contributed by atoms with E-state index in [2.05, 4.69) is 30.5 Å². The lowest BCUT2D eigenvalue weighted by Gasteiger charge is -2.29. The van der Waals surface area contributed by atoms with E-state index in [1.54, 1.807) is 25.7 Å². The van der Waals surface area contributed by atoms with Gasteiger partial charge < -0.3 is 20.3 Å². The molecule has 4 aromatic heterocycles. The highest BCUT2D eigenvalue weighted by molar-refractivity contribution is 5.95. The maximum Gasteiger partial charge on any atom is 0.162 e. The highest BCUT2D eigenvalue weighted by Crippen LogP contribution is 2.34. The Labute approximate surface area is 185 Å². The predicted molar refractivity (Wildman–Crippen MR) is 124 cm³/mol. The first-order chi connectivity index (χ1) is 15.7. The van der Waals surface area contributed by atoms with Crippen LogP contribution in [-0.2, 0) is 0 Å². The second-order valence-electron chi connectivity index (χ2n) is 7.62. The summed E-state index contributed by atoms with van der Waals surface area (Å²) in [4.78, 5) is 25.2. The van der Waals surface area contributed by atoms with E-state index < -0.39 is 0 Å². The van der Waals surface area contributed by atoms with E-state index >= 15 is 0 Å². The van der Waals surface area contributed by atoms with Crippen LogP contribution in [0.4, 0.5) is 17.5 Å². The molecule has 9 nitrogen and oxygen atoms in total. The number of aromatic nitrogens is 5. The number of hydrogen-bond donors (Lipinski definition) is 2. The molecule has 0 unspecified atom stereocenters. The molecule has 2 N–H and O–H groups in total. The molecule has 0 spiro atoms. The zero-order chi connectivity index (χ0) is 21.9. The quantitative estimate of drug-likeness (QED) is 0.497. The van der Waals surface area contributed by atoms with Crippen LogP contribution in [0.15, 0.2) is 49.1 Å². The molecule has 9 heteroatoms. The maximum atomic E-state index is 5.59. The number of piperazine rings is 1. The normalized spacial score (nSPS) is 13.9. The Hall–Kier alpha value is -3.85. The van der Waals surface area contributed by atoms with Gasteiger partial charge in [-0.3, -0.25) is 4.98 Å². The van der Waals surface area contributed by atoms with Gasteiger partial charge in [0.1, 0.15) is 23.2 Å². The molecular weight excluding hydrogens is 404 g/mol. The monoisotopic (exact) mass is 428 g/mol. The SMILES string of the molecule is COc1cncc2nc(-c3ccnc(Nc4ccc(C)cn4)c3)nc(N3CCNCC3)c12. The molecule has 32 heavy (non-hydrogen) atoms. The molecule has 0 aromatic carbocycles. The third-order valence-corrected chi connectivity index (χ3v) is 5.37. The molecule has 1 aliphatic heterocycles. The van der Waals surface area contributed by atoms with Crippen molar-refractivity contribution in [1.29, 1.82) is 0 Å². The molecule has 0 atom stereocenters. The fourth-order valence-electron chi connectivity index (χ4n) is 3.74. The smallest absolute Gasteiger partial charge is 0.162 e. The fourth-order valence-corrected chi connectivity index (χ4v) is 3.74. The van der Waals surface area contributed by atoms with Gasteiger partial charge in [0.25, 0.3) is 0 Å². The number of hydrogen-bond acceptors (Lipinski definition) is 9. The molecular formula is C23H24N8O. The summed E-state index contributed by atoms with van der Waals surface area (Å²) in [6.07, 6.45) is 7.03. The number of rotatable bonds is 5. The highest BCUT2D eigenvalue weighted by Gasteiger charge is 2.20. The van der Waals surface area contributed by atoms with Crippen LogP contribution in [-0.4, -0.2) is 58.2 Å². The summed E-state index contributed by atoms with van der Waals surface area (Å²) in [5, 5.41) is 7.52. The van der Waals surface area contributed by atoms with E-state index in [-0.39, 0.29) is 0 Å². The van der Waals surface area contributed by atoms with E-state index in [9.17, 15) is 0 Å². The number of methoxy groups -OCH3 is 1. The van der Waals surface area contributed by atoms with Crippen molar-refractivity contribution in [3.8, 4) is 17.1 Å². The number of aryl methyl sites for hydroxylation is 1. The number of anilines is 3. The Morgan fingerprint density at radius 3 is 2.66 bits per heavy atom. The second kappa shape index (κ2) is 8.72. The lowest BCUT2D eigenvalue weighted by molar-refractivity contribution is 0.418. The molecule has 1 aliphatic rings. The molecule has 5 heterocycles. The van der Waals surface area contributed by atoms with Crippen LogP contribution in [0, 0.1) is 6.92 Å². The van der Waals surface area contributed by atoms with Crippen molar-refractivity contribution in [2.75, 3.05) is 43.5 Å². The summed E-state index contributed by atoms with van der Waals surface area (Å²) in [6, 6.07) is 7.77. The third-order valence-electron chi connectivity index (χ3n) is 5.37. The molecule has 1 fully saturated rings. The molecule has 162 valence electrons. The summed E-state index contributed by atoms with van der Waals surface area (Å²) in [5.41, 5.74) is 2.71. The number of fused-ring (bicyclic) bond motifs is 1. The van der Waals surface area contributed by atoms with Gasteiger partial charge in [-0.15, -0.1) is 0 Å². The zero-order valence-corrected chi connectivity index (χ0v) is 18.0. The Morgan fingerprint density at radius 1 is 1.00 bits per heavy atom. The van der Waals surface area contributed by atoms with Gasteiger partial charge >= 0.3 is 0 Å². The van der Waals surface area contributed by atoms with Crippen LogP contribution in [0.1, 0.15) is 5.56 Å². The number of pyridine rings is 3. The summed E-state index contributed by atoms with van der Waals surface area (Å²) in [7, 11) is 1.64. The average Bonchev–Trinajstić information content (AvgIpc) is 2.85. The fraction of sp³-hybridized carbons (Fsp3) is 0.261.